The average molecular weight is 547 g/mol. The van der Waals surface area contributed by atoms with Crippen molar-refractivity contribution in [3.05, 3.63) is 137 Å². The van der Waals surface area contributed by atoms with E-state index in [1.807, 2.05) is 0 Å². The first-order valence-electron chi connectivity index (χ1n) is 15.4. The van der Waals surface area contributed by atoms with E-state index in [0.29, 0.717) is 11.8 Å². The molecule has 1 aliphatic rings. The molecule has 0 amide bonds. The second-order valence-corrected chi connectivity index (χ2v) is 11.9. The van der Waals surface area contributed by atoms with Gasteiger partial charge in [0, 0.05) is 0 Å². The van der Waals surface area contributed by atoms with Crippen LogP contribution < -0.4 is 10.1 Å². The third-order valence-corrected chi connectivity index (χ3v) is 8.63. The number of aryl methyl sites for hydroxylation is 1. The van der Waals surface area contributed by atoms with Gasteiger partial charge in [-0.15, -0.1) is 0 Å². The predicted octanol–water partition coefficient (Wildman–Crippen LogP) is 8.18. The first-order chi connectivity index (χ1) is 20.1. The molecular formula is C38H46N2O. The van der Waals surface area contributed by atoms with Gasteiger partial charge in [-0.25, -0.2) is 0 Å². The highest BCUT2D eigenvalue weighted by Crippen LogP contribution is 2.36. The van der Waals surface area contributed by atoms with E-state index in [-0.39, 0.29) is 0 Å². The number of likely N-dealkylation sites (tertiary alicyclic amines) is 1. The van der Waals surface area contributed by atoms with Crippen molar-refractivity contribution in [3.8, 4) is 5.75 Å². The van der Waals surface area contributed by atoms with Gasteiger partial charge in [0.2, 0.25) is 0 Å². The number of rotatable bonds is 12. The Labute approximate surface area is 247 Å². The minimum atomic E-state index is -0.390. The molecular weight excluding hydrogens is 500 g/mol. The van der Waals surface area contributed by atoms with Gasteiger partial charge in [-0.1, -0.05) is 117 Å². The maximum absolute atomic E-state index is 6.39. The zero-order valence-electron chi connectivity index (χ0n) is 25.1. The van der Waals surface area contributed by atoms with E-state index in [9.17, 15) is 0 Å². The van der Waals surface area contributed by atoms with E-state index < -0.39 is 5.54 Å². The van der Waals surface area contributed by atoms with Crippen molar-refractivity contribution in [2.45, 2.75) is 51.5 Å². The molecule has 4 aromatic rings. The van der Waals surface area contributed by atoms with Crippen LogP contribution in [0.5, 0.6) is 5.75 Å². The molecule has 1 aliphatic heterocycles. The van der Waals surface area contributed by atoms with E-state index >= 15 is 0 Å². The zero-order valence-corrected chi connectivity index (χ0v) is 25.1. The van der Waals surface area contributed by atoms with Gasteiger partial charge in [0.1, 0.15) is 5.75 Å². The van der Waals surface area contributed by atoms with E-state index in [1.165, 1.54) is 40.7 Å². The summed E-state index contributed by atoms with van der Waals surface area (Å²) in [6.45, 7) is 11.8. The Kier molecular flexibility index (Phi) is 9.92. The van der Waals surface area contributed by atoms with Crippen LogP contribution in [0.3, 0.4) is 0 Å². The maximum atomic E-state index is 6.39. The van der Waals surface area contributed by atoms with Crippen LogP contribution in [0.1, 0.15) is 66.8 Å². The van der Waals surface area contributed by atoms with Gasteiger partial charge in [-0.2, -0.15) is 0 Å². The fraction of sp³-hybridized carbons (Fsp3) is 0.368. The molecule has 1 saturated heterocycles. The van der Waals surface area contributed by atoms with Crippen molar-refractivity contribution in [1.82, 2.24) is 10.2 Å². The number of nitrogens with one attached hydrogen (secondary N) is 1. The number of hydrogen-bond acceptors (Lipinski definition) is 3. The van der Waals surface area contributed by atoms with Crippen LogP contribution in [0.25, 0.3) is 0 Å². The van der Waals surface area contributed by atoms with E-state index in [2.05, 4.69) is 140 Å². The highest BCUT2D eigenvalue weighted by Gasteiger charge is 2.35. The smallest absolute Gasteiger partial charge is 0.123 e. The van der Waals surface area contributed by atoms with Crippen LogP contribution >= 0.6 is 0 Å². The van der Waals surface area contributed by atoms with Crippen LogP contribution in [0.4, 0.5) is 0 Å². The summed E-state index contributed by atoms with van der Waals surface area (Å²) in [5.74, 6) is 2.18. The molecule has 3 nitrogen and oxygen atoms in total. The lowest BCUT2D eigenvalue weighted by Gasteiger charge is -2.38. The highest BCUT2D eigenvalue weighted by molar-refractivity contribution is 5.49. The summed E-state index contributed by atoms with van der Waals surface area (Å²) in [5, 5.41) is 4.04. The Bertz CT molecular complexity index is 1230. The minimum absolute atomic E-state index is 0.390. The van der Waals surface area contributed by atoms with Gasteiger partial charge >= 0.3 is 0 Å². The molecule has 0 atom stereocenters. The summed E-state index contributed by atoms with van der Waals surface area (Å²) in [5.41, 5.74) is 6.01. The number of hydrogen-bond donors (Lipinski definition) is 1. The SMILES string of the molecule is Cc1ccc(C(C)C)c(OCC2CCN(CCCNC(c3ccccc3)(c3ccccc3)c3ccccc3)CC2)c1. The van der Waals surface area contributed by atoms with Gasteiger partial charge < -0.3 is 9.64 Å². The lowest BCUT2D eigenvalue weighted by Crippen LogP contribution is -2.46. The van der Waals surface area contributed by atoms with Gasteiger partial charge in [-0.3, -0.25) is 5.32 Å². The fourth-order valence-corrected chi connectivity index (χ4v) is 6.28. The summed E-state index contributed by atoms with van der Waals surface area (Å²) < 4.78 is 6.39. The summed E-state index contributed by atoms with van der Waals surface area (Å²) in [4.78, 5) is 2.64. The molecule has 0 aliphatic carbocycles. The zero-order chi connectivity index (χ0) is 28.5. The molecule has 214 valence electrons. The van der Waals surface area contributed by atoms with Crippen LogP contribution in [0, 0.1) is 12.8 Å². The number of benzene rings is 4. The van der Waals surface area contributed by atoms with Gasteiger partial charge in [0.25, 0.3) is 0 Å². The van der Waals surface area contributed by atoms with Crippen molar-refractivity contribution in [2.75, 3.05) is 32.8 Å². The third kappa shape index (κ3) is 7.09. The second kappa shape index (κ2) is 14.0. The largest absolute Gasteiger partial charge is 0.493 e. The summed E-state index contributed by atoms with van der Waals surface area (Å²) >= 11 is 0. The number of ether oxygens (including phenoxy) is 1. The standard InChI is InChI=1S/C38H46N2O/c1-30(2)36-21-20-31(3)28-37(36)41-29-32-22-26-40(27-23-32)25-13-24-39-38(33-14-7-4-8-15-33,34-16-9-5-10-17-34)35-18-11-6-12-19-35/h4-12,14-21,28,30,32,39H,13,22-27,29H2,1-3H3. The Hall–Kier alpha value is -3.40. The molecule has 4 aromatic carbocycles. The monoisotopic (exact) mass is 546 g/mol. The van der Waals surface area contributed by atoms with Crippen LogP contribution in [-0.4, -0.2) is 37.7 Å². The molecule has 1 N–H and O–H groups in total. The van der Waals surface area contributed by atoms with Gasteiger partial charge in [-0.05, 0) is 98.1 Å². The molecule has 0 radical (unpaired) electrons. The van der Waals surface area contributed by atoms with E-state index in [4.69, 9.17) is 4.74 Å². The molecule has 0 bridgehead atoms. The Morgan fingerprint density at radius 3 is 1.83 bits per heavy atom. The van der Waals surface area contributed by atoms with Crippen molar-refractivity contribution < 1.29 is 4.74 Å². The molecule has 0 spiro atoms. The lowest BCUT2D eigenvalue weighted by molar-refractivity contribution is 0.139. The number of nitrogens with zero attached hydrogens (tertiary/aromatic N) is 1. The molecule has 0 saturated carbocycles. The first-order valence-corrected chi connectivity index (χ1v) is 15.4. The van der Waals surface area contributed by atoms with Crippen molar-refractivity contribution >= 4 is 0 Å². The quantitative estimate of drug-likeness (QED) is 0.143. The Balaban J connectivity index is 1.18. The topological polar surface area (TPSA) is 24.5 Å². The molecule has 41 heavy (non-hydrogen) atoms. The molecule has 1 fully saturated rings. The molecule has 5 rings (SSSR count). The molecule has 1 heterocycles. The summed E-state index contributed by atoms with van der Waals surface area (Å²) in [7, 11) is 0. The maximum Gasteiger partial charge on any atom is 0.123 e. The lowest BCUT2D eigenvalue weighted by atomic mass is 9.77. The average Bonchev–Trinajstić information content (AvgIpc) is 3.02. The number of piperidine rings is 1. The Morgan fingerprint density at radius 2 is 1.32 bits per heavy atom. The van der Waals surface area contributed by atoms with Crippen LogP contribution in [0.2, 0.25) is 0 Å². The van der Waals surface area contributed by atoms with Crippen molar-refractivity contribution in [3.63, 3.8) is 0 Å². The van der Waals surface area contributed by atoms with E-state index in [0.717, 1.165) is 45.0 Å². The van der Waals surface area contributed by atoms with Crippen molar-refractivity contribution in [2.24, 2.45) is 5.92 Å². The minimum Gasteiger partial charge on any atom is -0.493 e. The van der Waals surface area contributed by atoms with Gasteiger partial charge in [0.05, 0.1) is 12.1 Å². The van der Waals surface area contributed by atoms with Crippen LogP contribution in [0.15, 0.2) is 109 Å². The molecule has 3 heteroatoms. The highest BCUT2D eigenvalue weighted by atomic mass is 16.5. The first kappa shape index (κ1) is 29.1. The molecule has 0 unspecified atom stereocenters. The van der Waals surface area contributed by atoms with Gasteiger partial charge in [0.15, 0.2) is 0 Å². The summed E-state index contributed by atoms with van der Waals surface area (Å²) in [6, 6.07) is 39.3. The van der Waals surface area contributed by atoms with Crippen LogP contribution in [-0.2, 0) is 5.54 Å². The second-order valence-electron chi connectivity index (χ2n) is 11.9. The fourth-order valence-electron chi connectivity index (χ4n) is 6.28. The Morgan fingerprint density at radius 1 is 0.780 bits per heavy atom. The van der Waals surface area contributed by atoms with Crippen molar-refractivity contribution in [1.29, 1.82) is 0 Å². The van der Waals surface area contributed by atoms with E-state index in [1.54, 1.807) is 0 Å². The third-order valence-electron chi connectivity index (χ3n) is 8.63. The summed E-state index contributed by atoms with van der Waals surface area (Å²) in [6.07, 6.45) is 3.52. The normalized spacial score (nSPS) is 14.8. The molecule has 0 aromatic heterocycles. The predicted molar refractivity (Wildman–Crippen MR) is 172 cm³/mol.